The molecule has 2 nitrogen and oxygen atoms in total. The monoisotopic (exact) mass is 274 g/mol. The van der Waals surface area contributed by atoms with E-state index in [4.69, 9.17) is 4.74 Å². The number of rotatable bonds is 6. The summed E-state index contributed by atoms with van der Waals surface area (Å²) in [5, 5.41) is 10.5. The molecule has 0 radical (unpaired) electrons. The Hall–Kier alpha value is -0.860. The normalized spacial score (nSPS) is 29.8. The Kier molecular flexibility index (Phi) is 4.42. The van der Waals surface area contributed by atoms with Crippen molar-refractivity contribution in [3.8, 4) is 0 Å². The number of aliphatic hydroxyl groups is 1. The lowest BCUT2D eigenvalue weighted by atomic mass is 9.83. The van der Waals surface area contributed by atoms with E-state index in [-0.39, 0.29) is 6.10 Å². The standard InChI is InChI=1S/C18H26O2/c1-20-9-8-13-2-5-15(6-3-13)18(19)12-17-11-14-4-7-16(17)10-14/h2-3,5-6,14,16-19H,4,7-12H2,1H3. The molecule has 2 heteroatoms. The van der Waals surface area contributed by atoms with Crippen molar-refractivity contribution in [2.45, 2.75) is 44.6 Å². The van der Waals surface area contributed by atoms with Crippen LogP contribution in [0.4, 0.5) is 0 Å². The number of hydrogen-bond acceptors (Lipinski definition) is 2. The third-order valence-electron chi connectivity index (χ3n) is 5.37. The van der Waals surface area contributed by atoms with Crippen LogP contribution in [-0.2, 0) is 11.2 Å². The quantitative estimate of drug-likeness (QED) is 0.856. The van der Waals surface area contributed by atoms with Crippen molar-refractivity contribution in [3.05, 3.63) is 35.4 Å². The van der Waals surface area contributed by atoms with Gasteiger partial charge in [0.2, 0.25) is 0 Å². The van der Waals surface area contributed by atoms with Gasteiger partial charge >= 0.3 is 0 Å². The number of hydrogen-bond donors (Lipinski definition) is 1. The van der Waals surface area contributed by atoms with E-state index in [1.54, 1.807) is 7.11 Å². The van der Waals surface area contributed by atoms with Crippen LogP contribution in [0.15, 0.2) is 24.3 Å². The molecule has 0 heterocycles. The molecule has 0 spiro atoms. The second-order valence-corrected chi connectivity index (χ2v) is 6.67. The molecule has 1 N–H and O–H groups in total. The van der Waals surface area contributed by atoms with Gasteiger partial charge in [0.15, 0.2) is 0 Å². The summed E-state index contributed by atoms with van der Waals surface area (Å²) in [7, 11) is 1.73. The van der Waals surface area contributed by atoms with Crippen molar-refractivity contribution >= 4 is 0 Å². The molecule has 1 aromatic carbocycles. The highest BCUT2D eigenvalue weighted by Gasteiger charge is 2.40. The highest BCUT2D eigenvalue weighted by molar-refractivity contribution is 5.24. The van der Waals surface area contributed by atoms with Gasteiger partial charge in [-0.25, -0.2) is 0 Å². The Morgan fingerprint density at radius 3 is 2.60 bits per heavy atom. The molecular weight excluding hydrogens is 248 g/mol. The largest absolute Gasteiger partial charge is 0.388 e. The summed E-state index contributed by atoms with van der Waals surface area (Å²) in [4.78, 5) is 0. The van der Waals surface area contributed by atoms with Crippen LogP contribution in [0.2, 0.25) is 0 Å². The summed E-state index contributed by atoms with van der Waals surface area (Å²) >= 11 is 0. The summed E-state index contributed by atoms with van der Waals surface area (Å²) in [5.74, 6) is 2.63. The maximum atomic E-state index is 10.5. The van der Waals surface area contributed by atoms with Crippen molar-refractivity contribution in [3.63, 3.8) is 0 Å². The van der Waals surface area contributed by atoms with Crippen LogP contribution in [-0.4, -0.2) is 18.8 Å². The van der Waals surface area contributed by atoms with E-state index in [1.807, 2.05) is 0 Å². The molecule has 3 rings (SSSR count). The SMILES string of the molecule is COCCc1ccc(C(O)CC2CC3CCC2C3)cc1. The summed E-state index contributed by atoms with van der Waals surface area (Å²) in [6.45, 7) is 0.757. The van der Waals surface area contributed by atoms with Crippen molar-refractivity contribution in [2.75, 3.05) is 13.7 Å². The van der Waals surface area contributed by atoms with Crippen molar-refractivity contribution in [1.29, 1.82) is 0 Å². The van der Waals surface area contributed by atoms with Crippen LogP contribution >= 0.6 is 0 Å². The Morgan fingerprint density at radius 1 is 1.20 bits per heavy atom. The summed E-state index contributed by atoms with van der Waals surface area (Å²) < 4.78 is 5.09. The van der Waals surface area contributed by atoms with E-state index in [1.165, 1.54) is 31.2 Å². The number of benzene rings is 1. The third-order valence-corrected chi connectivity index (χ3v) is 5.37. The number of aliphatic hydroxyl groups excluding tert-OH is 1. The average Bonchev–Trinajstić information content (AvgIpc) is 3.08. The summed E-state index contributed by atoms with van der Waals surface area (Å²) in [6, 6.07) is 8.42. The van der Waals surface area contributed by atoms with Crippen molar-refractivity contribution in [1.82, 2.24) is 0 Å². The van der Waals surface area contributed by atoms with Crippen LogP contribution in [0.5, 0.6) is 0 Å². The first-order valence-corrected chi connectivity index (χ1v) is 8.02. The predicted molar refractivity (Wildman–Crippen MR) is 80.5 cm³/mol. The van der Waals surface area contributed by atoms with Gasteiger partial charge in [-0.15, -0.1) is 0 Å². The maximum absolute atomic E-state index is 10.5. The lowest BCUT2D eigenvalue weighted by molar-refractivity contribution is 0.125. The average molecular weight is 274 g/mol. The van der Waals surface area contributed by atoms with Crippen LogP contribution < -0.4 is 0 Å². The molecule has 1 aromatic rings. The Bertz CT molecular complexity index is 426. The molecule has 0 saturated heterocycles. The summed E-state index contributed by atoms with van der Waals surface area (Å²) in [6.07, 6.45) is 7.23. The second kappa shape index (κ2) is 6.28. The molecule has 4 atom stereocenters. The fourth-order valence-electron chi connectivity index (χ4n) is 4.21. The minimum atomic E-state index is -0.282. The third kappa shape index (κ3) is 3.07. The zero-order valence-corrected chi connectivity index (χ0v) is 12.4. The molecule has 20 heavy (non-hydrogen) atoms. The van der Waals surface area contributed by atoms with Crippen LogP contribution in [0.1, 0.15) is 49.3 Å². The first-order valence-electron chi connectivity index (χ1n) is 8.02. The van der Waals surface area contributed by atoms with Gasteiger partial charge in [0, 0.05) is 7.11 Å². The fourth-order valence-corrected chi connectivity index (χ4v) is 4.21. The molecule has 2 aliphatic rings. The highest BCUT2D eigenvalue weighted by atomic mass is 16.5. The van der Waals surface area contributed by atoms with E-state index in [0.29, 0.717) is 0 Å². The molecule has 2 bridgehead atoms. The van der Waals surface area contributed by atoms with E-state index in [0.717, 1.165) is 42.8 Å². The van der Waals surface area contributed by atoms with E-state index < -0.39 is 0 Å². The molecule has 2 aliphatic carbocycles. The Morgan fingerprint density at radius 2 is 2.00 bits per heavy atom. The Balaban J connectivity index is 1.55. The van der Waals surface area contributed by atoms with Crippen LogP contribution in [0.3, 0.4) is 0 Å². The number of fused-ring (bicyclic) bond motifs is 2. The minimum absolute atomic E-state index is 0.282. The molecule has 0 aromatic heterocycles. The molecule has 4 unspecified atom stereocenters. The van der Waals surface area contributed by atoms with Gasteiger partial charge in [-0.1, -0.05) is 30.7 Å². The first kappa shape index (κ1) is 14.1. The fraction of sp³-hybridized carbons (Fsp3) is 0.667. The number of ether oxygens (including phenoxy) is 1. The molecule has 2 saturated carbocycles. The van der Waals surface area contributed by atoms with Gasteiger partial charge in [-0.3, -0.25) is 0 Å². The Labute approximate surface area is 122 Å². The van der Waals surface area contributed by atoms with Crippen LogP contribution in [0.25, 0.3) is 0 Å². The summed E-state index contributed by atoms with van der Waals surface area (Å²) in [5.41, 5.74) is 2.36. The lowest BCUT2D eigenvalue weighted by Crippen LogP contribution is -2.14. The van der Waals surface area contributed by atoms with Crippen LogP contribution in [0, 0.1) is 17.8 Å². The second-order valence-electron chi connectivity index (χ2n) is 6.67. The zero-order valence-electron chi connectivity index (χ0n) is 12.4. The molecular formula is C18H26O2. The van der Waals surface area contributed by atoms with Crippen molar-refractivity contribution in [2.24, 2.45) is 17.8 Å². The molecule has 0 aliphatic heterocycles. The smallest absolute Gasteiger partial charge is 0.0792 e. The lowest BCUT2D eigenvalue weighted by Gasteiger charge is -2.24. The molecule has 0 amide bonds. The molecule has 2 fully saturated rings. The van der Waals surface area contributed by atoms with E-state index >= 15 is 0 Å². The minimum Gasteiger partial charge on any atom is -0.388 e. The van der Waals surface area contributed by atoms with E-state index in [2.05, 4.69) is 24.3 Å². The van der Waals surface area contributed by atoms with Gasteiger partial charge in [-0.2, -0.15) is 0 Å². The highest BCUT2D eigenvalue weighted by Crippen LogP contribution is 2.50. The molecule has 110 valence electrons. The van der Waals surface area contributed by atoms with Gasteiger partial charge in [0.05, 0.1) is 12.7 Å². The first-order chi connectivity index (χ1) is 9.76. The van der Waals surface area contributed by atoms with Gasteiger partial charge in [0.25, 0.3) is 0 Å². The van der Waals surface area contributed by atoms with Crippen molar-refractivity contribution < 1.29 is 9.84 Å². The predicted octanol–water partition coefficient (Wildman–Crippen LogP) is 3.74. The van der Waals surface area contributed by atoms with Gasteiger partial charge in [0.1, 0.15) is 0 Å². The zero-order chi connectivity index (χ0) is 13.9. The van der Waals surface area contributed by atoms with Gasteiger partial charge in [-0.05, 0) is 61.0 Å². The maximum Gasteiger partial charge on any atom is 0.0792 e. The van der Waals surface area contributed by atoms with Gasteiger partial charge < -0.3 is 9.84 Å². The van der Waals surface area contributed by atoms with E-state index in [9.17, 15) is 5.11 Å². The number of methoxy groups -OCH3 is 1. The topological polar surface area (TPSA) is 29.5 Å².